The van der Waals surface area contributed by atoms with Crippen molar-refractivity contribution in [2.24, 2.45) is 0 Å². The first-order valence-corrected chi connectivity index (χ1v) is 8.66. The predicted molar refractivity (Wildman–Crippen MR) is 89.9 cm³/mol. The van der Waals surface area contributed by atoms with E-state index in [4.69, 9.17) is 9.84 Å². The molecule has 1 aromatic carbocycles. The molecule has 3 aromatic rings. The van der Waals surface area contributed by atoms with Crippen LogP contribution < -0.4 is 10.1 Å². The molecular weight excluding hydrogens is 320 g/mol. The number of aryl methyl sites for hydroxylation is 1. The van der Waals surface area contributed by atoms with E-state index in [9.17, 15) is 4.79 Å². The molecule has 0 aliphatic rings. The van der Waals surface area contributed by atoms with Gasteiger partial charge in [0.15, 0.2) is 6.61 Å². The van der Waals surface area contributed by atoms with Crippen molar-refractivity contribution in [1.29, 1.82) is 0 Å². The van der Waals surface area contributed by atoms with Crippen LogP contribution in [-0.2, 0) is 4.79 Å². The maximum Gasteiger partial charge on any atom is 0.257 e. The van der Waals surface area contributed by atoms with Crippen LogP contribution in [0.3, 0.4) is 0 Å². The quantitative estimate of drug-likeness (QED) is 0.679. The Morgan fingerprint density at radius 3 is 3.18 bits per heavy atom. The van der Waals surface area contributed by atoms with Gasteiger partial charge in [-0.2, -0.15) is 0 Å². The molecule has 2 heterocycles. The number of ether oxygens (including phenoxy) is 1. The zero-order valence-corrected chi connectivity index (χ0v) is 13.7. The molecule has 1 amide bonds. The molecule has 0 atom stereocenters. The lowest BCUT2D eigenvalue weighted by molar-refractivity contribution is -0.123. The van der Waals surface area contributed by atoms with Crippen LogP contribution in [0.15, 0.2) is 17.5 Å². The Hall–Kier alpha value is -1.70. The normalized spacial score (nSPS) is 11.2. The molecule has 0 aliphatic heterocycles. The van der Waals surface area contributed by atoms with Gasteiger partial charge in [0.1, 0.15) is 5.75 Å². The van der Waals surface area contributed by atoms with Crippen molar-refractivity contribution in [3.05, 3.63) is 22.5 Å². The highest BCUT2D eigenvalue weighted by Crippen LogP contribution is 2.38. The van der Waals surface area contributed by atoms with Crippen LogP contribution in [0.2, 0.25) is 0 Å². The minimum atomic E-state index is -0.183. The van der Waals surface area contributed by atoms with E-state index in [0.717, 1.165) is 25.3 Å². The lowest BCUT2D eigenvalue weighted by Gasteiger charge is -2.08. The average Bonchev–Trinajstić information content (AvgIpc) is 3.10. The second kappa shape index (κ2) is 6.60. The van der Waals surface area contributed by atoms with Gasteiger partial charge in [-0.25, -0.2) is 4.98 Å². The average molecular weight is 336 g/mol. The van der Waals surface area contributed by atoms with E-state index < -0.39 is 0 Å². The maximum atomic E-state index is 11.7. The Labute approximate surface area is 135 Å². The highest BCUT2D eigenvalue weighted by molar-refractivity contribution is 7.21. The fourth-order valence-electron chi connectivity index (χ4n) is 2.21. The largest absolute Gasteiger partial charge is 0.483 e. The number of thiazole rings is 1. The van der Waals surface area contributed by atoms with Crippen LogP contribution >= 0.6 is 22.7 Å². The number of nitrogens with zero attached hydrogens (tertiary/aromatic N) is 1. The van der Waals surface area contributed by atoms with E-state index in [1.54, 1.807) is 22.7 Å². The summed E-state index contributed by atoms with van der Waals surface area (Å²) >= 11 is 3.25. The van der Waals surface area contributed by atoms with E-state index in [2.05, 4.69) is 10.3 Å². The van der Waals surface area contributed by atoms with E-state index in [0.29, 0.717) is 18.7 Å². The van der Waals surface area contributed by atoms with Crippen LogP contribution in [0.25, 0.3) is 20.3 Å². The predicted octanol–water partition coefficient (Wildman–Crippen LogP) is 2.70. The number of thiophene rings is 1. The van der Waals surface area contributed by atoms with Crippen LogP contribution in [0.1, 0.15) is 11.4 Å². The zero-order chi connectivity index (χ0) is 15.5. The van der Waals surface area contributed by atoms with E-state index in [1.165, 1.54) is 0 Å². The number of rotatable bonds is 6. The third kappa shape index (κ3) is 3.06. The number of aliphatic hydroxyl groups excluding tert-OH is 1. The number of benzene rings is 1. The molecule has 0 saturated heterocycles. The molecule has 0 saturated carbocycles. The number of aromatic nitrogens is 1. The molecule has 0 radical (unpaired) electrons. The van der Waals surface area contributed by atoms with Crippen molar-refractivity contribution < 1.29 is 14.6 Å². The Kier molecular flexibility index (Phi) is 4.56. The van der Waals surface area contributed by atoms with Gasteiger partial charge in [0.25, 0.3) is 5.91 Å². The molecule has 3 rings (SSSR count). The Bertz CT molecular complexity index is 810. The lowest BCUT2D eigenvalue weighted by atomic mass is 10.2. The topological polar surface area (TPSA) is 71.5 Å². The van der Waals surface area contributed by atoms with Crippen molar-refractivity contribution in [2.45, 2.75) is 13.3 Å². The smallest absolute Gasteiger partial charge is 0.257 e. The molecule has 7 heteroatoms. The molecule has 0 bridgehead atoms. The van der Waals surface area contributed by atoms with E-state index in [-0.39, 0.29) is 19.1 Å². The summed E-state index contributed by atoms with van der Waals surface area (Å²) in [6, 6.07) is 3.95. The van der Waals surface area contributed by atoms with Gasteiger partial charge in [-0.1, -0.05) is 0 Å². The Morgan fingerprint density at radius 2 is 2.36 bits per heavy atom. The van der Waals surface area contributed by atoms with Gasteiger partial charge in [0.2, 0.25) is 0 Å². The van der Waals surface area contributed by atoms with E-state index in [1.807, 2.05) is 24.4 Å². The highest BCUT2D eigenvalue weighted by atomic mass is 32.1. The highest BCUT2D eigenvalue weighted by Gasteiger charge is 2.13. The molecular formula is C15H16N2O3S2. The first-order valence-electron chi connectivity index (χ1n) is 6.96. The van der Waals surface area contributed by atoms with Gasteiger partial charge < -0.3 is 15.2 Å². The van der Waals surface area contributed by atoms with Crippen molar-refractivity contribution in [1.82, 2.24) is 10.3 Å². The van der Waals surface area contributed by atoms with Crippen LogP contribution in [0.4, 0.5) is 0 Å². The van der Waals surface area contributed by atoms with Crippen molar-refractivity contribution in [2.75, 3.05) is 19.8 Å². The molecule has 116 valence electrons. The van der Waals surface area contributed by atoms with Gasteiger partial charge >= 0.3 is 0 Å². The van der Waals surface area contributed by atoms with Gasteiger partial charge in [-0.15, -0.1) is 22.7 Å². The fourth-order valence-corrected chi connectivity index (χ4v) is 4.04. The fraction of sp³-hybridized carbons (Fsp3) is 0.333. The number of carbonyl (C=O) groups excluding carboxylic acids is 1. The second-order valence-electron chi connectivity index (χ2n) is 4.83. The summed E-state index contributed by atoms with van der Waals surface area (Å²) in [6.45, 7) is 2.48. The lowest BCUT2D eigenvalue weighted by Crippen LogP contribution is -2.30. The standard InChI is InChI=1S/C15H16N2O3S2/c1-9-17-14-12(22-9)7-11(10-3-6-21-15(10)14)20-8-13(19)16-4-2-5-18/h3,6-7,18H,2,4-5,8H2,1H3,(H,16,19). The molecule has 2 aromatic heterocycles. The van der Waals surface area contributed by atoms with E-state index >= 15 is 0 Å². The molecule has 2 N–H and O–H groups in total. The Balaban J connectivity index is 1.80. The molecule has 0 aliphatic carbocycles. The van der Waals surface area contributed by atoms with Gasteiger partial charge in [0.05, 0.1) is 19.9 Å². The summed E-state index contributed by atoms with van der Waals surface area (Å²) in [6.07, 6.45) is 0.548. The number of aliphatic hydroxyl groups is 1. The number of carbonyl (C=O) groups is 1. The van der Waals surface area contributed by atoms with Crippen molar-refractivity contribution in [3.8, 4) is 5.75 Å². The van der Waals surface area contributed by atoms with Gasteiger partial charge in [0, 0.05) is 24.6 Å². The van der Waals surface area contributed by atoms with Gasteiger partial charge in [-0.3, -0.25) is 4.79 Å². The summed E-state index contributed by atoms with van der Waals surface area (Å²) in [5.41, 5.74) is 1.01. The van der Waals surface area contributed by atoms with Crippen molar-refractivity contribution >= 4 is 48.9 Å². The summed E-state index contributed by atoms with van der Waals surface area (Å²) < 4.78 is 7.87. The molecule has 5 nitrogen and oxygen atoms in total. The zero-order valence-electron chi connectivity index (χ0n) is 12.1. The second-order valence-corrected chi connectivity index (χ2v) is 6.98. The summed E-state index contributed by atoms with van der Waals surface area (Å²) in [4.78, 5) is 16.3. The molecule has 0 unspecified atom stereocenters. The number of hydrogen-bond acceptors (Lipinski definition) is 6. The minimum absolute atomic E-state index is 0.0281. The minimum Gasteiger partial charge on any atom is -0.483 e. The third-order valence-electron chi connectivity index (χ3n) is 3.18. The molecule has 0 fully saturated rings. The number of nitrogens with one attached hydrogen (secondary N) is 1. The van der Waals surface area contributed by atoms with Crippen LogP contribution in [-0.4, -0.2) is 35.8 Å². The first kappa shape index (κ1) is 15.2. The Morgan fingerprint density at radius 1 is 1.50 bits per heavy atom. The van der Waals surface area contributed by atoms with Crippen molar-refractivity contribution in [3.63, 3.8) is 0 Å². The molecule has 0 spiro atoms. The number of hydrogen-bond donors (Lipinski definition) is 2. The number of amides is 1. The maximum absolute atomic E-state index is 11.7. The third-order valence-corrected chi connectivity index (χ3v) is 5.02. The summed E-state index contributed by atoms with van der Waals surface area (Å²) in [7, 11) is 0. The number of fused-ring (bicyclic) bond motifs is 3. The summed E-state index contributed by atoms with van der Waals surface area (Å²) in [5, 5.41) is 15.4. The SMILES string of the molecule is Cc1nc2c(cc(OCC(=O)NCCCO)c3ccsc32)s1. The van der Waals surface area contributed by atoms with Crippen LogP contribution in [0, 0.1) is 6.92 Å². The van der Waals surface area contributed by atoms with Gasteiger partial charge in [-0.05, 0) is 24.8 Å². The van der Waals surface area contributed by atoms with Crippen LogP contribution in [0.5, 0.6) is 5.75 Å². The monoisotopic (exact) mass is 336 g/mol. The molecule has 22 heavy (non-hydrogen) atoms. The first-order chi connectivity index (χ1) is 10.7. The summed E-state index contributed by atoms with van der Waals surface area (Å²) in [5.74, 6) is 0.530.